The van der Waals surface area contributed by atoms with E-state index in [0.29, 0.717) is 5.92 Å². The molecule has 0 saturated carbocycles. The number of hydrogen-bond acceptors (Lipinski definition) is 3. The van der Waals surface area contributed by atoms with Crippen LogP contribution in [0.25, 0.3) is 11.3 Å². The summed E-state index contributed by atoms with van der Waals surface area (Å²) in [6.45, 7) is 8.87. The van der Waals surface area contributed by atoms with E-state index in [0.717, 1.165) is 48.8 Å². The van der Waals surface area contributed by atoms with E-state index in [1.54, 1.807) is 0 Å². The molecule has 136 valence electrons. The van der Waals surface area contributed by atoms with Crippen LogP contribution in [0.1, 0.15) is 50.2 Å². The van der Waals surface area contributed by atoms with Crippen LogP contribution in [0, 0.1) is 0 Å². The van der Waals surface area contributed by atoms with Crippen molar-refractivity contribution in [2.24, 2.45) is 0 Å². The Morgan fingerprint density at radius 2 is 2.04 bits per heavy atom. The van der Waals surface area contributed by atoms with Crippen LogP contribution in [0.4, 0.5) is 0 Å². The average molecular weight is 350 g/mol. The summed E-state index contributed by atoms with van der Waals surface area (Å²) in [5, 5.41) is 7.69. The lowest BCUT2D eigenvalue weighted by Gasteiger charge is -2.15. The predicted molar refractivity (Wildman–Crippen MR) is 102 cm³/mol. The van der Waals surface area contributed by atoms with E-state index in [2.05, 4.69) is 65.9 Å². The summed E-state index contributed by atoms with van der Waals surface area (Å²) in [6, 6.07) is 12.6. The van der Waals surface area contributed by atoms with Crippen molar-refractivity contribution in [3.63, 3.8) is 0 Å². The van der Waals surface area contributed by atoms with Gasteiger partial charge in [0.05, 0.1) is 42.3 Å². The first kappa shape index (κ1) is 17.0. The Hall–Kier alpha value is -2.40. The molecule has 3 heterocycles. The van der Waals surface area contributed by atoms with Gasteiger partial charge >= 0.3 is 0 Å². The van der Waals surface area contributed by atoms with Crippen LogP contribution >= 0.6 is 0 Å². The zero-order valence-electron chi connectivity index (χ0n) is 15.7. The van der Waals surface area contributed by atoms with Crippen LogP contribution in [0.15, 0.2) is 42.7 Å². The Morgan fingerprint density at radius 1 is 1.23 bits per heavy atom. The van der Waals surface area contributed by atoms with E-state index in [-0.39, 0.29) is 5.41 Å². The molecule has 26 heavy (non-hydrogen) atoms. The van der Waals surface area contributed by atoms with Crippen molar-refractivity contribution in [3.8, 4) is 11.3 Å². The third-order valence-corrected chi connectivity index (χ3v) is 4.98. The van der Waals surface area contributed by atoms with Crippen LogP contribution in [-0.4, -0.2) is 33.0 Å². The molecule has 0 bridgehead atoms. The number of imidazole rings is 1. The molecule has 1 N–H and O–H groups in total. The maximum Gasteiger partial charge on any atom is 0.0959 e. The molecular weight excluding hydrogens is 324 g/mol. The summed E-state index contributed by atoms with van der Waals surface area (Å²) in [7, 11) is 0. The minimum absolute atomic E-state index is 0.0427. The van der Waals surface area contributed by atoms with Gasteiger partial charge in [-0.15, -0.1) is 0 Å². The number of aromatic amines is 1. The number of ether oxygens (including phenoxy) is 1. The van der Waals surface area contributed by atoms with Gasteiger partial charge in [-0.2, -0.15) is 5.10 Å². The number of benzene rings is 1. The van der Waals surface area contributed by atoms with Gasteiger partial charge in [0, 0.05) is 23.5 Å². The van der Waals surface area contributed by atoms with Crippen LogP contribution in [0.2, 0.25) is 0 Å². The van der Waals surface area contributed by atoms with Crippen molar-refractivity contribution in [3.05, 3.63) is 59.8 Å². The number of nitrogens with zero attached hydrogens (tertiary/aromatic N) is 3. The van der Waals surface area contributed by atoms with Crippen LogP contribution in [0.5, 0.6) is 0 Å². The first-order valence-electron chi connectivity index (χ1n) is 9.25. The Labute approximate surface area is 154 Å². The number of hydrogen-bond donors (Lipinski definition) is 1. The van der Waals surface area contributed by atoms with Gasteiger partial charge in [-0.25, -0.2) is 4.98 Å². The third-order valence-electron chi connectivity index (χ3n) is 4.98. The maximum atomic E-state index is 5.66. The van der Waals surface area contributed by atoms with Gasteiger partial charge in [0.1, 0.15) is 0 Å². The quantitative estimate of drug-likeness (QED) is 0.770. The van der Waals surface area contributed by atoms with Gasteiger partial charge < -0.3 is 9.30 Å². The summed E-state index contributed by atoms with van der Waals surface area (Å²) < 4.78 is 7.92. The van der Waals surface area contributed by atoms with Crippen molar-refractivity contribution in [2.75, 3.05) is 13.2 Å². The zero-order chi connectivity index (χ0) is 18.1. The van der Waals surface area contributed by atoms with Crippen molar-refractivity contribution in [1.82, 2.24) is 19.7 Å². The lowest BCUT2D eigenvalue weighted by molar-refractivity contribution is 0.193. The summed E-state index contributed by atoms with van der Waals surface area (Å²) >= 11 is 0. The first-order chi connectivity index (χ1) is 12.5. The normalized spacial score (nSPS) is 17.7. The fourth-order valence-corrected chi connectivity index (χ4v) is 3.52. The number of rotatable bonds is 4. The average Bonchev–Trinajstić information content (AvgIpc) is 3.35. The first-order valence-corrected chi connectivity index (χ1v) is 9.25. The molecule has 1 saturated heterocycles. The topological polar surface area (TPSA) is 55.7 Å². The van der Waals surface area contributed by atoms with Gasteiger partial charge in [0.15, 0.2) is 0 Å². The SMILES string of the molecule is CC(C)(C)c1cc(Cn2cnc(-c3ccccc3)c2C2CCOC2)[nH]n1. The van der Waals surface area contributed by atoms with E-state index in [4.69, 9.17) is 9.72 Å². The van der Waals surface area contributed by atoms with Gasteiger partial charge in [-0.05, 0) is 12.5 Å². The van der Waals surface area contributed by atoms with Gasteiger partial charge in [0.2, 0.25) is 0 Å². The fraction of sp³-hybridized carbons (Fsp3) is 0.429. The molecule has 0 aliphatic carbocycles. The molecule has 0 spiro atoms. The molecule has 1 aliphatic rings. The fourth-order valence-electron chi connectivity index (χ4n) is 3.52. The summed E-state index contributed by atoms with van der Waals surface area (Å²) in [5.41, 5.74) is 5.72. The smallest absolute Gasteiger partial charge is 0.0959 e. The lowest BCUT2D eigenvalue weighted by atomic mass is 9.92. The van der Waals surface area contributed by atoms with Gasteiger partial charge in [0.25, 0.3) is 0 Å². The van der Waals surface area contributed by atoms with Gasteiger partial charge in [-0.1, -0.05) is 51.1 Å². The second-order valence-corrected chi connectivity index (χ2v) is 8.06. The minimum Gasteiger partial charge on any atom is -0.381 e. The van der Waals surface area contributed by atoms with E-state index >= 15 is 0 Å². The zero-order valence-corrected chi connectivity index (χ0v) is 15.7. The molecule has 1 atom stereocenters. The Kier molecular flexibility index (Phi) is 4.41. The standard InChI is InChI=1S/C21H26N4O/c1-21(2,3)18-11-17(23-24-18)12-25-14-22-19(15-7-5-4-6-8-15)20(25)16-9-10-26-13-16/h4-8,11,14,16H,9-10,12-13H2,1-3H3,(H,23,24). The molecule has 1 aliphatic heterocycles. The predicted octanol–water partition coefficient (Wildman–Crippen LogP) is 4.12. The Bertz CT molecular complexity index is 867. The molecule has 5 nitrogen and oxygen atoms in total. The second kappa shape index (κ2) is 6.72. The monoisotopic (exact) mass is 350 g/mol. The molecular formula is C21H26N4O. The number of nitrogens with one attached hydrogen (secondary N) is 1. The Balaban J connectivity index is 1.70. The summed E-state index contributed by atoms with van der Waals surface area (Å²) in [5.74, 6) is 0.387. The van der Waals surface area contributed by atoms with Crippen molar-refractivity contribution >= 4 is 0 Å². The highest BCUT2D eigenvalue weighted by atomic mass is 16.5. The van der Waals surface area contributed by atoms with E-state index in [9.17, 15) is 0 Å². The van der Waals surface area contributed by atoms with E-state index < -0.39 is 0 Å². The number of H-pyrrole nitrogens is 1. The molecule has 0 radical (unpaired) electrons. The maximum absolute atomic E-state index is 5.66. The highest BCUT2D eigenvalue weighted by Crippen LogP contribution is 2.33. The third kappa shape index (κ3) is 3.31. The molecule has 5 heteroatoms. The van der Waals surface area contributed by atoms with Crippen molar-refractivity contribution in [1.29, 1.82) is 0 Å². The number of aromatic nitrogens is 4. The molecule has 1 fully saturated rings. The second-order valence-electron chi connectivity index (χ2n) is 8.06. The van der Waals surface area contributed by atoms with Crippen LogP contribution in [0.3, 0.4) is 0 Å². The molecule has 2 aromatic heterocycles. The molecule has 0 amide bonds. The summed E-state index contributed by atoms with van der Waals surface area (Å²) in [4.78, 5) is 4.76. The Morgan fingerprint density at radius 3 is 2.69 bits per heavy atom. The molecule has 1 aromatic carbocycles. The summed E-state index contributed by atoms with van der Waals surface area (Å²) in [6.07, 6.45) is 3.00. The molecule has 3 aromatic rings. The van der Waals surface area contributed by atoms with Crippen molar-refractivity contribution in [2.45, 2.75) is 45.1 Å². The largest absolute Gasteiger partial charge is 0.381 e. The lowest BCUT2D eigenvalue weighted by Crippen LogP contribution is -2.11. The molecule has 1 unspecified atom stereocenters. The van der Waals surface area contributed by atoms with E-state index in [1.165, 1.54) is 5.69 Å². The molecule has 4 rings (SSSR count). The van der Waals surface area contributed by atoms with Crippen LogP contribution < -0.4 is 0 Å². The highest BCUT2D eigenvalue weighted by molar-refractivity contribution is 5.62. The van der Waals surface area contributed by atoms with Crippen molar-refractivity contribution < 1.29 is 4.74 Å². The highest BCUT2D eigenvalue weighted by Gasteiger charge is 2.26. The van der Waals surface area contributed by atoms with E-state index in [1.807, 2.05) is 12.4 Å². The minimum atomic E-state index is 0.0427. The van der Waals surface area contributed by atoms with Crippen LogP contribution in [-0.2, 0) is 16.7 Å². The van der Waals surface area contributed by atoms with Gasteiger partial charge in [-0.3, -0.25) is 5.10 Å².